The van der Waals surface area contributed by atoms with Crippen LogP contribution >= 0.6 is 0 Å². The van der Waals surface area contributed by atoms with Crippen LogP contribution in [0.15, 0.2) is 48.5 Å². The zero-order valence-electron chi connectivity index (χ0n) is 17.0. The van der Waals surface area contributed by atoms with Crippen LogP contribution in [-0.4, -0.2) is 0 Å². The van der Waals surface area contributed by atoms with Crippen molar-refractivity contribution >= 4 is 0 Å². The van der Waals surface area contributed by atoms with Crippen molar-refractivity contribution < 1.29 is 0 Å². The molecule has 0 saturated heterocycles. The van der Waals surface area contributed by atoms with Crippen LogP contribution in [0.3, 0.4) is 0 Å². The average Bonchev–Trinajstić information content (AvgIpc) is 3.15. The van der Waals surface area contributed by atoms with E-state index in [1.807, 2.05) is 0 Å². The average molecular weight is 347 g/mol. The van der Waals surface area contributed by atoms with E-state index in [1.54, 1.807) is 22.3 Å². The Morgan fingerprint density at radius 3 is 2.04 bits per heavy atom. The molecule has 2 aromatic carbocycles. The minimum atomic E-state index is 0.630. The lowest BCUT2D eigenvalue weighted by Gasteiger charge is -2.15. The number of rotatable bonds is 2. The molecule has 3 aliphatic rings. The Morgan fingerprint density at radius 2 is 1.38 bits per heavy atom. The topological polar surface area (TPSA) is 0 Å². The van der Waals surface area contributed by atoms with Crippen LogP contribution in [0.1, 0.15) is 87.5 Å². The van der Waals surface area contributed by atoms with Crippen LogP contribution in [0.5, 0.6) is 0 Å². The molecule has 2 aromatic rings. The molecule has 5 rings (SSSR count). The monoisotopic (exact) mass is 346 g/mol. The molecule has 2 unspecified atom stereocenters. The van der Waals surface area contributed by atoms with Crippen molar-refractivity contribution in [2.75, 3.05) is 0 Å². The number of hydrogen-bond donors (Lipinski definition) is 0. The molecular weight excluding hydrogens is 312 g/mol. The van der Waals surface area contributed by atoms with E-state index >= 15 is 0 Å². The smallest absolute Gasteiger partial charge is 0.00376 e. The van der Waals surface area contributed by atoms with Crippen molar-refractivity contribution in [1.82, 2.24) is 0 Å². The maximum absolute atomic E-state index is 2.37. The van der Waals surface area contributed by atoms with Crippen LogP contribution in [0.4, 0.5) is 0 Å². The summed E-state index contributed by atoms with van der Waals surface area (Å²) in [5.74, 6) is 3.25. The van der Waals surface area contributed by atoms with Crippen molar-refractivity contribution in [2.45, 2.75) is 77.0 Å². The summed E-state index contributed by atoms with van der Waals surface area (Å²) in [6.45, 7) is 9.38. The molecular formula is C26H34. The largest absolute Gasteiger partial charge is 0.0622 e. The van der Waals surface area contributed by atoms with E-state index in [4.69, 9.17) is 0 Å². The third-order valence-corrected chi connectivity index (χ3v) is 7.18. The molecule has 0 nitrogen and oxygen atoms in total. The van der Waals surface area contributed by atoms with Gasteiger partial charge in [-0.15, -0.1) is 0 Å². The fourth-order valence-electron chi connectivity index (χ4n) is 5.45. The van der Waals surface area contributed by atoms with Gasteiger partial charge < -0.3 is 0 Å². The summed E-state index contributed by atoms with van der Waals surface area (Å²) in [6.07, 6.45) is 6.94. The van der Waals surface area contributed by atoms with Gasteiger partial charge in [-0.25, -0.2) is 0 Å². The molecule has 1 fully saturated rings. The summed E-state index contributed by atoms with van der Waals surface area (Å²) in [5.41, 5.74) is 7.15. The normalized spacial score (nSPS) is 24.4. The molecule has 0 aromatic heterocycles. The molecule has 0 bridgehead atoms. The van der Waals surface area contributed by atoms with Crippen molar-refractivity contribution in [1.29, 1.82) is 0 Å². The fourth-order valence-corrected chi connectivity index (χ4v) is 5.45. The van der Waals surface area contributed by atoms with Crippen LogP contribution in [0, 0.1) is 11.8 Å². The van der Waals surface area contributed by atoms with Gasteiger partial charge in [-0.3, -0.25) is 0 Å². The van der Waals surface area contributed by atoms with Gasteiger partial charge in [0.2, 0.25) is 0 Å². The van der Waals surface area contributed by atoms with E-state index in [-0.39, 0.29) is 0 Å². The van der Waals surface area contributed by atoms with Gasteiger partial charge in [0, 0.05) is 0 Å². The molecule has 3 aliphatic carbocycles. The first-order valence-corrected chi connectivity index (χ1v) is 10.7. The molecule has 0 amide bonds. The van der Waals surface area contributed by atoms with Gasteiger partial charge in [0.15, 0.2) is 0 Å². The van der Waals surface area contributed by atoms with Crippen molar-refractivity contribution in [3.8, 4) is 0 Å². The molecule has 26 heavy (non-hydrogen) atoms. The molecule has 0 N–H and O–H groups in total. The summed E-state index contributed by atoms with van der Waals surface area (Å²) in [7, 11) is 0. The molecule has 0 aliphatic heterocycles. The molecule has 0 radical (unpaired) electrons. The first-order chi connectivity index (χ1) is 12.5. The highest BCUT2D eigenvalue weighted by atomic mass is 14.6. The van der Waals surface area contributed by atoms with E-state index in [0.29, 0.717) is 5.41 Å². The third-order valence-electron chi connectivity index (χ3n) is 7.18. The second-order valence-corrected chi connectivity index (χ2v) is 9.51. The zero-order valence-corrected chi connectivity index (χ0v) is 17.0. The van der Waals surface area contributed by atoms with E-state index in [0.717, 1.165) is 23.7 Å². The number of aryl methyl sites for hydroxylation is 1. The Morgan fingerprint density at radius 1 is 0.769 bits per heavy atom. The lowest BCUT2D eigenvalue weighted by atomic mass is 9.89. The standard InChI is InChI=1S/C14H18.C12H16/c1-10(2)12-9-14(7-8-14)13-6-4-3-5-11(12)13;1-9(2)11-8-7-10-5-3-4-6-12(10)11/h3-6,10,12H,7-9H2,1-2H3;3-6,9,11H,7-8H2,1-2H3. The minimum Gasteiger partial charge on any atom is -0.0622 e. The molecule has 2 atom stereocenters. The summed E-state index contributed by atoms with van der Waals surface area (Å²) in [5, 5.41) is 0. The number of benzene rings is 2. The van der Waals surface area contributed by atoms with Gasteiger partial charge in [-0.2, -0.15) is 0 Å². The fraction of sp³-hybridized carbons (Fsp3) is 0.538. The van der Waals surface area contributed by atoms with E-state index in [1.165, 1.54) is 32.1 Å². The van der Waals surface area contributed by atoms with E-state index in [9.17, 15) is 0 Å². The second-order valence-electron chi connectivity index (χ2n) is 9.51. The van der Waals surface area contributed by atoms with Gasteiger partial charge >= 0.3 is 0 Å². The Balaban J connectivity index is 0.000000131. The van der Waals surface area contributed by atoms with Crippen molar-refractivity contribution in [3.63, 3.8) is 0 Å². The maximum atomic E-state index is 2.37. The van der Waals surface area contributed by atoms with Crippen molar-refractivity contribution in [2.24, 2.45) is 11.8 Å². The quantitative estimate of drug-likeness (QED) is 0.538. The number of fused-ring (bicyclic) bond motifs is 3. The first-order valence-electron chi connectivity index (χ1n) is 10.7. The van der Waals surface area contributed by atoms with Crippen LogP contribution in [0.2, 0.25) is 0 Å². The van der Waals surface area contributed by atoms with Gasteiger partial charge in [0.05, 0.1) is 0 Å². The first kappa shape index (κ1) is 17.8. The minimum absolute atomic E-state index is 0.630. The molecule has 1 spiro atoms. The Hall–Kier alpha value is -1.56. The highest BCUT2D eigenvalue weighted by Gasteiger charge is 2.52. The van der Waals surface area contributed by atoms with Gasteiger partial charge in [0.25, 0.3) is 0 Å². The Labute approximate surface area is 160 Å². The summed E-state index contributed by atoms with van der Waals surface area (Å²) < 4.78 is 0. The predicted molar refractivity (Wildman–Crippen MR) is 112 cm³/mol. The molecule has 0 heterocycles. The summed E-state index contributed by atoms with van der Waals surface area (Å²) in [4.78, 5) is 0. The van der Waals surface area contributed by atoms with Crippen LogP contribution in [-0.2, 0) is 11.8 Å². The maximum Gasteiger partial charge on any atom is -0.00376 e. The van der Waals surface area contributed by atoms with Crippen molar-refractivity contribution in [3.05, 3.63) is 70.8 Å². The van der Waals surface area contributed by atoms with Gasteiger partial charge in [0.1, 0.15) is 0 Å². The Kier molecular flexibility index (Phi) is 4.71. The summed E-state index contributed by atoms with van der Waals surface area (Å²) >= 11 is 0. The van der Waals surface area contributed by atoms with Crippen LogP contribution in [0.25, 0.3) is 0 Å². The lowest BCUT2D eigenvalue weighted by Crippen LogP contribution is -2.04. The molecule has 1 saturated carbocycles. The SMILES string of the molecule is CC(C)C1CC2(CC2)c2ccccc21.CC(C)C1CCc2ccccc21. The van der Waals surface area contributed by atoms with E-state index < -0.39 is 0 Å². The number of hydrogen-bond acceptors (Lipinski definition) is 0. The highest BCUT2D eigenvalue weighted by molar-refractivity contribution is 5.46. The third kappa shape index (κ3) is 3.13. The highest BCUT2D eigenvalue weighted by Crippen LogP contribution is 2.61. The van der Waals surface area contributed by atoms with Crippen LogP contribution < -0.4 is 0 Å². The molecule has 0 heteroatoms. The second kappa shape index (κ2) is 6.87. The zero-order chi connectivity index (χ0) is 18.3. The van der Waals surface area contributed by atoms with Gasteiger partial charge in [-0.1, -0.05) is 76.2 Å². The lowest BCUT2D eigenvalue weighted by molar-refractivity contribution is 0.459. The summed E-state index contributed by atoms with van der Waals surface area (Å²) in [6, 6.07) is 18.0. The molecule has 138 valence electrons. The van der Waals surface area contributed by atoms with E-state index in [2.05, 4.69) is 76.2 Å². The Bertz CT molecular complexity index is 763. The predicted octanol–water partition coefficient (Wildman–Crippen LogP) is 7.23. The van der Waals surface area contributed by atoms with Gasteiger partial charge in [-0.05, 0) is 83.4 Å².